The number of aliphatic imine (C=N–C) groups is 1. The second-order valence-corrected chi connectivity index (χ2v) is 5.65. The first-order valence-corrected chi connectivity index (χ1v) is 6.95. The molecule has 2 saturated carbocycles. The smallest absolute Gasteiger partial charge is 0.211 e. The van der Waals surface area contributed by atoms with Gasteiger partial charge in [0.1, 0.15) is 0 Å². The van der Waals surface area contributed by atoms with E-state index >= 15 is 0 Å². The lowest BCUT2D eigenvalue weighted by molar-refractivity contribution is 0.232. The maximum atomic E-state index is 10.3. The predicted octanol–water partition coefficient (Wildman–Crippen LogP) is 3.85. The average molecular weight is 221 g/mol. The van der Waals surface area contributed by atoms with E-state index in [1.807, 2.05) is 0 Å². The molecule has 0 radical (unpaired) electrons. The third-order valence-corrected chi connectivity index (χ3v) is 4.38. The molecular weight excluding hydrogens is 198 g/mol. The molecule has 0 aromatic heterocycles. The van der Waals surface area contributed by atoms with E-state index in [0.717, 1.165) is 24.7 Å². The monoisotopic (exact) mass is 221 g/mol. The molecule has 0 amide bonds. The SMILES string of the molecule is O=C=NC1CCCC(CC2CCCCC2)C1. The molecule has 0 aliphatic heterocycles. The van der Waals surface area contributed by atoms with Gasteiger partial charge in [-0.25, -0.2) is 9.79 Å². The highest BCUT2D eigenvalue weighted by Gasteiger charge is 2.25. The molecule has 2 aliphatic rings. The fraction of sp³-hybridized carbons (Fsp3) is 0.929. The van der Waals surface area contributed by atoms with Crippen LogP contribution in [0.2, 0.25) is 0 Å². The molecular formula is C14H23NO. The molecule has 90 valence electrons. The lowest BCUT2D eigenvalue weighted by atomic mass is 9.76. The number of nitrogens with zero attached hydrogens (tertiary/aromatic N) is 1. The van der Waals surface area contributed by atoms with E-state index in [-0.39, 0.29) is 0 Å². The molecule has 0 bridgehead atoms. The van der Waals surface area contributed by atoms with Gasteiger partial charge in [0.25, 0.3) is 0 Å². The third kappa shape index (κ3) is 3.45. The quantitative estimate of drug-likeness (QED) is 0.525. The minimum absolute atomic E-state index is 0.292. The lowest BCUT2D eigenvalue weighted by Crippen LogP contribution is -2.21. The van der Waals surface area contributed by atoms with E-state index in [2.05, 4.69) is 4.99 Å². The van der Waals surface area contributed by atoms with Gasteiger partial charge < -0.3 is 0 Å². The summed E-state index contributed by atoms with van der Waals surface area (Å²) in [5.74, 6) is 1.80. The van der Waals surface area contributed by atoms with Crippen molar-refractivity contribution in [3.8, 4) is 0 Å². The summed E-state index contributed by atoms with van der Waals surface area (Å²) in [7, 11) is 0. The molecule has 0 aromatic rings. The molecule has 2 rings (SSSR count). The van der Waals surface area contributed by atoms with Gasteiger partial charge in [-0.15, -0.1) is 0 Å². The summed E-state index contributed by atoms with van der Waals surface area (Å²) < 4.78 is 0. The maximum Gasteiger partial charge on any atom is 0.235 e. The van der Waals surface area contributed by atoms with E-state index in [1.165, 1.54) is 51.4 Å². The minimum atomic E-state index is 0.292. The van der Waals surface area contributed by atoms with Crippen LogP contribution >= 0.6 is 0 Å². The predicted molar refractivity (Wildman–Crippen MR) is 65.1 cm³/mol. The molecule has 2 fully saturated rings. The first-order chi connectivity index (χ1) is 7.88. The van der Waals surface area contributed by atoms with Crippen LogP contribution in [-0.2, 0) is 4.79 Å². The zero-order chi connectivity index (χ0) is 11.2. The number of hydrogen-bond donors (Lipinski definition) is 0. The summed E-state index contributed by atoms with van der Waals surface area (Å²) in [5, 5.41) is 0. The fourth-order valence-electron chi connectivity index (χ4n) is 3.56. The van der Waals surface area contributed by atoms with Crippen LogP contribution in [0.25, 0.3) is 0 Å². The first-order valence-electron chi connectivity index (χ1n) is 6.95. The van der Waals surface area contributed by atoms with Crippen LogP contribution in [0, 0.1) is 11.8 Å². The summed E-state index contributed by atoms with van der Waals surface area (Å²) in [5.41, 5.74) is 0. The standard InChI is InChI=1S/C14H23NO/c16-11-15-14-8-4-7-13(10-14)9-12-5-2-1-3-6-12/h12-14H,1-10H2. The lowest BCUT2D eigenvalue weighted by Gasteiger charge is -2.30. The molecule has 2 atom stereocenters. The Kier molecular flexibility index (Phi) is 4.59. The van der Waals surface area contributed by atoms with Gasteiger partial charge in [-0.05, 0) is 31.1 Å². The Labute approximate surface area is 98.5 Å². The topological polar surface area (TPSA) is 29.4 Å². The molecule has 0 heterocycles. The van der Waals surface area contributed by atoms with Gasteiger partial charge in [-0.3, -0.25) is 0 Å². The Morgan fingerprint density at radius 1 is 0.938 bits per heavy atom. The van der Waals surface area contributed by atoms with Crippen molar-refractivity contribution < 1.29 is 4.79 Å². The highest BCUT2D eigenvalue weighted by molar-refractivity contribution is 5.33. The fourth-order valence-corrected chi connectivity index (χ4v) is 3.56. The molecule has 16 heavy (non-hydrogen) atoms. The van der Waals surface area contributed by atoms with Gasteiger partial charge >= 0.3 is 0 Å². The summed E-state index contributed by atoms with van der Waals surface area (Å²) in [6.45, 7) is 0. The first kappa shape index (κ1) is 11.9. The van der Waals surface area contributed by atoms with Crippen LogP contribution < -0.4 is 0 Å². The van der Waals surface area contributed by atoms with Crippen molar-refractivity contribution >= 4 is 6.08 Å². The van der Waals surface area contributed by atoms with Gasteiger partial charge in [0.15, 0.2) is 0 Å². The van der Waals surface area contributed by atoms with E-state index in [4.69, 9.17) is 0 Å². The highest BCUT2D eigenvalue weighted by atomic mass is 16.1. The van der Waals surface area contributed by atoms with Crippen molar-refractivity contribution in [2.45, 2.75) is 70.3 Å². The third-order valence-electron chi connectivity index (χ3n) is 4.38. The number of rotatable bonds is 3. The molecule has 0 spiro atoms. The van der Waals surface area contributed by atoms with Crippen molar-refractivity contribution in [3.05, 3.63) is 0 Å². The Morgan fingerprint density at radius 3 is 2.44 bits per heavy atom. The van der Waals surface area contributed by atoms with Crippen LogP contribution in [0.3, 0.4) is 0 Å². The summed E-state index contributed by atoms with van der Waals surface area (Å²) in [6.07, 6.45) is 15.2. The van der Waals surface area contributed by atoms with Crippen molar-refractivity contribution in [2.24, 2.45) is 16.8 Å². The molecule has 2 nitrogen and oxygen atoms in total. The van der Waals surface area contributed by atoms with Crippen molar-refractivity contribution in [2.75, 3.05) is 0 Å². The summed E-state index contributed by atoms with van der Waals surface area (Å²) >= 11 is 0. The Balaban J connectivity index is 1.77. The van der Waals surface area contributed by atoms with Gasteiger partial charge in [-0.1, -0.05) is 44.9 Å². The van der Waals surface area contributed by atoms with Gasteiger partial charge in [0.2, 0.25) is 6.08 Å². The van der Waals surface area contributed by atoms with E-state index in [9.17, 15) is 4.79 Å². The van der Waals surface area contributed by atoms with Crippen LogP contribution in [0.15, 0.2) is 4.99 Å². The number of carbonyl (C=O) groups excluding carboxylic acids is 1. The number of hydrogen-bond acceptors (Lipinski definition) is 2. The van der Waals surface area contributed by atoms with Crippen molar-refractivity contribution in [3.63, 3.8) is 0 Å². The minimum Gasteiger partial charge on any atom is -0.211 e. The molecule has 2 heteroatoms. The van der Waals surface area contributed by atoms with Crippen molar-refractivity contribution in [1.29, 1.82) is 0 Å². The average Bonchev–Trinajstić information content (AvgIpc) is 2.31. The molecule has 0 saturated heterocycles. The van der Waals surface area contributed by atoms with Crippen LogP contribution in [0.5, 0.6) is 0 Å². The molecule has 0 aromatic carbocycles. The van der Waals surface area contributed by atoms with Crippen LogP contribution in [0.4, 0.5) is 0 Å². The van der Waals surface area contributed by atoms with Crippen molar-refractivity contribution in [1.82, 2.24) is 0 Å². The Morgan fingerprint density at radius 2 is 1.69 bits per heavy atom. The molecule has 2 aliphatic carbocycles. The second kappa shape index (κ2) is 6.20. The maximum absolute atomic E-state index is 10.3. The van der Waals surface area contributed by atoms with E-state index in [1.54, 1.807) is 6.08 Å². The molecule has 2 unspecified atom stereocenters. The zero-order valence-corrected chi connectivity index (χ0v) is 10.2. The van der Waals surface area contributed by atoms with E-state index < -0.39 is 0 Å². The summed E-state index contributed by atoms with van der Waals surface area (Å²) in [6, 6.07) is 0.292. The highest BCUT2D eigenvalue weighted by Crippen LogP contribution is 2.35. The van der Waals surface area contributed by atoms with Crippen LogP contribution in [-0.4, -0.2) is 12.1 Å². The normalized spacial score (nSPS) is 32.0. The number of isocyanates is 1. The van der Waals surface area contributed by atoms with E-state index in [0.29, 0.717) is 6.04 Å². The zero-order valence-electron chi connectivity index (χ0n) is 10.2. The molecule has 0 N–H and O–H groups in total. The summed E-state index contributed by atoms with van der Waals surface area (Å²) in [4.78, 5) is 14.2. The second-order valence-electron chi connectivity index (χ2n) is 5.65. The van der Waals surface area contributed by atoms with Gasteiger partial charge in [0, 0.05) is 0 Å². The largest absolute Gasteiger partial charge is 0.235 e. The Bertz CT molecular complexity index is 251. The van der Waals surface area contributed by atoms with Gasteiger partial charge in [0.05, 0.1) is 6.04 Å². The Hall–Kier alpha value is -0.620. The van der Waals surface area contributed by atoms with Crippen LogP contribution in [0.1, 0.15) is 64.2 Å². The van der Waals surface area contributed by atoms with Gasteiger partial charge in [-0.2, -0.15) is 0 Å².